The molecule has 2 rings (SSSR count). The highest BCUT2D eigenvalue weighted by atomic mass is 19.1. The molecule has 6 nitrogen and oxygen atoms in total. The van der Waals surface area contributed by atoms with E-state index in [9.17, 15) is 19.6 Å². The molecule has 0 spiro atoms. The minimum Gasteiger partial charge on any atom is -0.502 e. The summed E-state index contributed by atoms with van der Waals surface area (Å²) in [5.41, 5.74) is 6.54. The molecule has 0 radical (unpaired) electrons. The molecule has 1 aromatic heterocycles. The fourth-order valence-electron chi connectivity index (χ4n) is 2.36. The smallest absolute Gasteiger partial charge is 0.346 e. The number of rotatable bonds is 3. The average molecular weight is 267 g/mol. The summed E-state index contributed by atoms with van der Waals surface area (Å²) in [5.74, 6) is -1.68. The van der Waals surface area contributed by atoms with E-state index >= 15 is 0 Å². The van der Waals surface area contributed by atoms with Gasteiger partial charge in [-0.05, 0) is 25.5 Å². The fraction of sp³-hybridized carbons (Fsp3) is 0.333. The lowest BCUT2D eigenvalue weighted by atomic mass is 10.1. The van der Waals surface area contributed by atoms with Gasteiger partial charge in [0.2, 0.25) is 11.6 Å². The molecule has 102 valence electrons. The molecule has 0 atom stereocenters. The summed E-state index contributed by atoms with van der Waals surface area (Å²) in [6, 6.07) is 1.07. The number of hydrogen-bond acceptors (Lipinski definition) is 4. The van der Waals surface area contributed by atoms with Gasteiger partial charge in [-0.15, -0.1) is 0 Å². The van der Waals surface area contributed by atoms with Gasteiger partial charge >= 0.3 is 5.69 Å². The maximum atomic E-state index is 13.7. The Bertz CT molecular complexity index is 679. The normalized spacial score (nSPS) is 11.2. The van der Waals surface area contributed by atoms with Gasteiger partial charge in [0, 0.05) is 18.8 Å². The van der Waals surface area contributed by atoms with E-state index in [0.29, 0.717) is 29.4 Å². The zero-order valence-electron chi connectivity index (χ0n) is 10.6. The van der Waals surface area contributed by atoms with Crippen molar-refractivity contribution in [3.8, 4) is 5.75 Å². The Labute approximate surface area is 108 Å². The predicted molar refractivity (Wildman–Crippen MR) is 68.7 cm³/mol. The van der Waals surface area contributed by atoms with Gasteiger partial charge in [-0.3, -0.25) is 10.1 Å². The van der Waals surface area contributed by atoms with E-state index in [-0.39, 0.29) is 0 Å². The molecule has 1 aromatic carbocycles. The number of nitrogens with zero attached hydrogens (tertiary/aromatic N) is 2. The van der Waals surface area contributed by atoms with Gasteiger partial charge in [0.25, 0.3) is 0 Å². The van der Waals surface area contributed by atoms with Crippen molar-refractivity contribution >= 4 is 16.6 Å². The highest BCUT2D eigenvalue weighted by molar-refractivity contribution is 5.94. The summed E-state index contributed by atoms with van der Waals surface area (Å²) in [7, 11) is 1.71. The first-order chi connectivity index (χ1) is 8.90. The Morgan fingerprint density at radius 3 is 2.74 bits per heavy atom. The van der Waals surface area contributed by atoms with Gasteiger partial charge in [0.05, 0.1) is 15.8 Å². The van der Waals surface area contributed by atoms with Gasteiger partial charge in [-0.1, -0.05) is 0 Å². The third-order valence-corrected chi connectivity index (χ3v) is 3.39. The van der Waals surface area contributed by atoms with Crippen molar-refractivity contribution in [2.24, 2.45) is 12.8 Å². The molecule has 1 heterocycles. The Morgan fingerprint density at radius 1 is 1.58 bits per heavy atom. The molecule has 0 bridgehead atoms. The quantitative estimate of drug-likeness (QED) is 0.654. The number of phenolic OH excluding ortho intramolecular Hbond substituents is 1. The molecular weight excluding hydrogens is 253 g/mol. The van der Waals surface area contributed by atoms with Gasteiger partial charge in [-0.25, -0.2) is 0 Å². The van der Waals surface area contributed by atoms with E-state index in [0.717, 1.165) is 11.8 Å². The first kappa shape index (κ1) is 13.3. The number of halogens is 1. The number of hydrogen-bond donors (Lipinski definition) is 2. The number of aromatic hydroxyl groups is 1. The van der Waals surface area contributed by atoms with Crippen LogP contribution in [0.2, 0.25) is 0 Å². The van der Waals surface area contributed by atoms with Crippen LogP contribution in [0, 0.1) is 22.9 Å². The summed E-state index contributed by atoms with van der Waals surface area (Å²) < 4.78 is 15.4. The number of fused-ring (bicyclic) bond motifs is 1. The van der Waals surface area contributed by atoms with E-state index in [4.69, 9.17) is 5.73 Å². The topological polar surface area (TPSA) is 94.3 Å². The predicted octanol–water partition coefficient (Wildman–Crippen LogP) is 1.74. The Hall–Kier alpha value is -2.15. The van der Waals surface area contributed by atoms with Crippen LogP contribution >= 0.6 is 0 Å². The molecule has 19 heavy (non-hydrogen) atoms. The maximum Gasteiger partial charge on any atom is 0.346 e. The van der Waals surface area contributed by atoms with Gasteiger partial charge in [-0.2, -0.15) is 4.39 Å². The monoisotopic (exact) mass is 267 g/mol. The van der Waals surface area contributed by atoms with E-state index in [1.54, 1.807) is 18.5 Å². The lowest BCUT2D eigenvalue weighted by Crippen LogP contribution is -2.04. The lowest BCUT2D eigenvalue weighted by Gasteiger charge is -2.02. The molecule has 0 fully saturated rings. The molecule has 0 aliphatic heterocycles. The van der Waals surface area contributed by atoms with Crippen molar-refractivity contribution < 1.29 is 14.4 Å². The second-order valence-electron chi connectivity index (χ2n) is 4.37. The average Bonchev–Trinajstić information content (AvgIpc) is 2.55. The molecule has 0 amide bonds. The van der Waals surface area contributed by atoms with Crippen LogP contribution in [0.3, 0.4) is 0 Å². The largest absolute Gasteiger partial charge is 0.502 e. The van der Waals surface area contributed by atoms with E-state index in [1.807, 2.05) is 0 Å². The lowest BCUT2D eigenvalue weighted by molar-refractivity contribution is -0.388. The molecule has 0 saturated carbocycles. The highest BCUT2D eigenvalue weighted by Gasteiger charge is 2.27. The summed E-state index contributed by atoms with van der Waals surface area (Å²) in [6.07, 6.45) is 0.458. The van der Waals surface area contributed by atoms with Gasteiger partial charge in [0.15, 0.2) is 0 Å². The van der Waals surface area contributed by atoms with Gasteiger partial charge < -0.3 is 15.4 Å². The summed E-state index contributed by atoms with van der Waals surface area (Å²) in [5, 5.41) is 21.1. The number of benzene rings is 1. The van der Waals surface area contributed by atoms with Crippen molar-refractivity contribution in [2.45, 2.75) is 13.3 Å². The molecule has 0 saturated heterocycles. The molecule has 7 heteroatoms. The number of aryl methyl sites for hydroxylation is 1. The zero-order valence-corrected chi connectivity index (χ0v) is 10.6. The minimum absolute atomic E-state index is 0.304. The SMILES string of the molecule is Cc1c(CCN)c2c(O)c([N+](=O)[O-])c(F)cc2n1C. The number of nitro groups is 1. The van der Waals surface area contributed by atoms with Crippen molar-refractivity contribution in [3.63, 3.8) is 0 Å². The number of aromatic nitrogens is 1. The first-order valence-corrected chi connectivity index (χ1v) is 5.73. The van der Waals surface area contributed by atoms with Crippen LogP contribution in [0.4, 0.5) is 10.1 Å². The molecule has 3 N–H and O–H groups in total. The van der Waals surface area contributed by atoms with E-state index in [1.165, 1.54) is 0 Å². The first-order valence-electron chi connectivity index (χ1n) is 5.73. The second kappa shape index (κ2) is 4.51. The van der Waals surface area contributed by atoms with Crippen molar-refractivity contribution in [3.05, 3.63) is 33.3 Å². The Kier molecular flexibility index (Phi) is 3.15. The minimum atomic E-state index is -1.05. The zero-order chi connectivity index (χ0) is 14.3. The number of nitrogens with two attached hydrogens (primary N) is 1. The fourth-order valence-corrected chi connectivity index (χ4v) is 2.36. The van der Waals surface area contributed by atoms with Crippen LogP contribution < -0.4 is 5.73 Å². The van der Waals surface area contributed by atoms with Crippen molar-refractivity contribution in [1.82, 2.24) is 4.57 Å². The molecule has 0 unspecified atom stereocenters. The van der Waals surface area contributed by atoms with Crippen LogP contribution in [-0.2, 0) is 13.5 Å². The Morgan fingerprint density at radius 2 is 2.21 bits per heavy atom. The van der Waals surface area contributed by atoms with Crippen LogP contribution in [-0.4, -0.2) is 21.1 Å². The second-order valence-corrected chi connectivity index (χ2v) is 4.37. The standard InChI is InChI=1S/C12H14FN3O3/c1-6-7(3-4-14)10-9(15(6)2)5-8(13)11(12(10)17)16(18)19/h5,17H,3-4,14H2,1-2H3. The molecule has 2 aromatic rings. The van der Waals surface area contributed by atoms with Crippen molar-refractivity contribution in [1.29, 1.82) is 0 Å². The number of nitro benzene ring substituents is 1. The van der Waals surface area contributed by atoms with Crippen LogP contribution in [0.5, 0.6) is 5.75 Å². The third-order valence-electron chi connectivity index (χ3n) is 3.39. The highest BCUT2D eigenvalue weighted by Crippen LogP contribution is 2.40. The summed E-state index contributed by atoms with van der Waals surface area (Å²) in [4.78, 5) is 9.90. The van der Waals surface area contributed by atoms with E-state index in [2.05, 4.69) is 0 Å². The number of phenols is 1. The third kappa shape index (κ3) is 1.82. The maximum absolute atomic E-state index is 13.7. The van der Waals surface area contributed by atoms with Crippen LogP contribution in [0.15, 0.2) is 6.07 Å². The summed E-state index contributed by atoms with van der Waals surface area (Å²) in [6.45, 7) is 2.14. The molecule has 0 aliphatic carbocycles. The molecule has 0 aliphatic rings. The van der Waals surface area contributed by atoms with Crippen LogP contribution in [0.1, 0.15) is 11.3 Å². The van der Waals surface area contributed by atoms with Crippen molar-refractivity contribution in [2.75, 3.05) is 6.54 Å². The summed E-state index contributed by atoms with van der Waals surface area (Å²) >= 11 is 0. The van der Waals surface area contributed by atoms with E-state index < -0.39 is 22.2 Å². The Balaban J connectivity index is 2.94. The van der Waals surface area contributed by atoms with Gasteiger partial charge in [0.1, 0.15) is 0 Å². The molecular formula is C12H14FN3O3. The van der Waals surface area contributed by atoms with Crippen LogP contribution in [0.25, 0.3) is 10.9 Å².